The van der Waals surface area contributed by atoms with E-state index in [0.29, 0.717) is 17.9 Å². The third kappa shape index (κ3) is 1.73. The maximum absolute atomic E-state index is 13.5. The normalized spacial score (nSPS) is 27.0. The number of aryl methyl sites for hydroxylation is 1. The van der Waals surface area contributed by atoms with Crippen LogP contribution in [-0.2, 0) is 0 Å². The van der Waals surface area contributed by atoms with Crippen LogP contribution in [0.4, 0.5) is 10.1 Å². The van der Waals surface area contributed by atoms with E-state index in [9.17, 15) is 4.39 Å². The molecule has 0 saturated heterocycles. The topological polar surface area (TPSA) is 12.0 Å². The summed E-state index contributed by atoms with van der Waals surface area (Å²) in [6, 6.07) is 7.63. The van der Waals surface area contributed by atoms with E-state index < -0.39 is 0 Å². The first-order chi connectivity index (χ1) is 9.74. The van der Waals surface area contributed by atoms with Gasteiger partial charge in [-0.3, -0.25) is 0 Å². The number of rotatable bonds is 1. The predicted octanol–water partition coefficient (Wildman–Crippen LogP) is 5.02. The van der Waals surface area contributed by atoms with E-state index in [2.05, 4.69) is 35.8 Å². The zero-order valence-electron chi connectivity index (χ0n) is 11.3. The molecule has 4 rings (SSSR count). The standard InChI is InChI=1S/C17H16FNS/c1-10-7-8-20-17(10)16-13-4-2-3-12(13)14-9-11(18)5-6-15(14)19-16/h2-3,5-9,12-13,16,19H,4H2,1H3. The van der Waals surface area contributed by atoms with Crippen LogP contribution in [0.2, 0.25) is 0 Å². The maximum atomic E-state index is 13.5. The molecule has 1 aromatic heterocycles. The zero-order valence-corrected chi connectivity index (χ0v) is 12.1. The fourth-order valence-electron chi connectivity index (χ4n) is 3.53. The summed E-state index contributed by atoms with van der Waals surface area (Å²) in [7, 11) is 0. The highest BCUT2D eigenvalue weighted by Crippen LogP contribution is 2.51. The van der Waals surface area contributed by atoms with E-state index in [4.69, 9.17) is 0 Å². The fourth-order valence-corrected chi connectivity index (χ4v) is 4.58. The van der Waals surface area contributed by atoms with Gasteiger partial charge < -0.3 is 5.32 Å². The molecule has 102 valence electrons. The minimum Gasteiger partial charge on any atom is -0.377 e. The molecule has 20 heavy (non-hydrogen) atoms. The zero-order chi connectivity index (χ0) is 13.7. The molecule has 1 nitrogen and oxygen atoms in total. The molecule has 3 heteroatoms. The van der Waals surface area contributed by atoms with Gasteiger partial charge in [-0.1, -0.05) is 12.2 Å². The van der Waals surface area contributed by atoms with E-state index in [1.54, 1.807) is 12.1 Å². The molecule has 1 aromatic carbocycles. The van der Waals surface area contributed by atoms with Gasteiger partial charge in [-0.05, 0) is 60.0 Å². The third-order valence-electron chi connectivity index (χ3n) is 4.51. The number of halogens is 1. The third-order valence-corrected chi connectivity index (χ3v) is 5.61. The van der Waals surface area contributed by atoms with Crippen molar-refractivity contribution in [1.29, 1.82) is 0 Å². The molecule has 0 spiro atoms. The molecular formula is C17H16FNS. The van der Waals surface area contributed by atoms with Crippen molar-refractivity contribution in [1.82, 2.24) is 0 Å². The van der Waals surface area contributed by atoms with Crippen molar-refractivity contribution in [3.8, 4) is 0 Å². The van der Waals surface area contributed by atoms with Gasteiger partial charge in [0.1, 0.15) is 5.82 Å². The number of benzene rings is 1. The van der Waals surface area contributed by atoms with Crippen LogP contribution in [0.3, 0.4) is 0 Å². The average molecular weight is 285 g/mol. The van der Waals surface area contributed by atoms with Crippen LogP contribution >= 0.6 is 11.3 Å². The van der Waals surface area contributed by atoms with Crippen molar-refractivity contribution in [2.24, 2.45) is 5.92 Å². The number of hydrogen-bond donors (Lipinski definition) is 1. The van der Waals surface area contributed by atoms with Crippen molar-refractivity contribution < 1.29 is 4.39 Å². The summed E-state index contributed by atoms with van der Waals surface area (Å²) in [6.07, 6.45) is 5.56. The molecule has 3 atom stereocenters. The second-order valence-corrected chi connectivity index (χ2v) is 6.62. The summed E-state index contributed by atoms with van der Waals surface area (Å²) in [5, 5.41) is 5.80. The minimum atomic E-state index is -0.143. The molecule has 0 amide bonds. The van der Waals surface area contributed by atoms with E-state index in [1.165, 1.54) is 10.4 Å². The summed E-state index contributed by atoms with van der Waals surface area (Å²) in [5.41, 5.74) is 3.54. The lowest BCUT2D eigenvalue weighted by Crippen LogP contribution is -2.28. The number of anilines is 1. The van der Waals surface area contributed by atoms with Gasteiger partial charge in [0.2, 0.25) is 0 Å². The summed E-state index contributed by atoms with van der Waals surface area (Å²) in [5.74, 6) is 0.699. The summed E-state index contributed by atoms with van der Waals surface area (Å²) >= 11 is 1.82. The molecule has 0 fully saturated rings. The van der Waals surface area contributed by atoms with Crippen molar-refractivity contribution in [3.63, 3.8) is 0 Å². The smallest absolute Gasteiger partial charge is 0.123 e. The Balaban J connectivity index is 1.82. The lowest BCUT2D eigenvalue weighted by Gasteiger charge is -2.37. The Bertz CT molecular complexity index is 688. The van der Waals surface area contributed by atoms with Gasteiger partial charge in [0.05, 0.1) is 6.04 Å². The lowest BCUT2D eigenvalue weighted by atomic mass is 9.78. The quantitative estimate of drug-likeness (QED) is 0.725. The molecule has 0 saturated carbocycles. The van der Waals surface area contributed by atoms with Crippen LogP contribution < -0.4 is 5.32 Å². The van der Waals surface area contributed by atoms with Crippen molar-refractivity contribution >= 4 is 17.0 Å². The first kappa shape index (κ1) is 12.2. The Hall–Kier alpha value is -1.61. The molecular weight excluding hydrogens is 269 g/mol. The van der Waals surface area contributed by atoms with Gasteiger partial charge in [0, 0.05) is 16.5 Å². The highest BCUT2D eigenvalue weighted by Gasteiger charge is 2.38. The van der Waals surface area contributed by atoms with Gasteiger partial charge in [-0.25, -0.2) is 4.39 Å². The molecule has 3 unspecified atom stereocenters. The number of allylic oxidation sites excluding steroid dienone is 2. The van der Waals surface area contributed by atoms with E-state index in [1.807, 2.05) is 17.4 Å². The molecule has 0 bridgehead atoms. The van der Waals surface area contributed by atoms with Crippen molar-refractivity contribution in [2.75, 3.05) is 5.32 Å². The van der Waals surface area contributed by atoms with Crippen LogP contribution in [0.25, 0.3) is 0 Å². The minimum absolute atomic E-state index is 0.143. The maximum Gasteiger partial charge on any atom is 0.123 e. The van der Waals surface area contributed by atoms with Gasteiger partial charge in [0.25, 0.3) is 0 Å². The first-order valence-electron chi connectivity index (χ1n) is 7.00. The monoisotopic (exact) mass is 285 g/mol. The molecule has 2 heterocycles. The Kier molecular flexibility index (Phi) is 2.71. The summed E-state index contributed by atoms with van der Waals surface area (Å²) in [6.45, 7) is 2.17. The number of hydrogen-bond acceptors (Lipinski definition) is 2. The highest BCUT2D eigenvalue weighted by molar-refractivity contribution is 7.10. The van der Waals surface area contributed by atoms with Crippen LogP contribution in [-0.4, -0.2) is 0 Å². The summed E-state index contributed by atoms with van der Waals surface area (Å²) < 4.78 is 13.5. The lowest BCUT2D eigenvalue weighted by molar-refractivity contribution is 0.427. The number of nitrogens with one attached hydrogen (secondary N) is 1. The van der Waals surface area contributed by atoms with Gasteiger partial charge >= 0.3 is 0 Å². The molecule has 2 aromatic rings. The largest absolute Gasteiger partial charge is 0.377 e. The first-order valence-corrected chi connectivity index (χ1v) is 7.88. The average Bonchev–Trinajstić information content (AvgIpc) is 3.07. The van der Waals surface area contributed by atoms with Crippen LogP contribution in [0, 0.1) is 18.7 Å². The number of thiophene rings is 1. The molecule has 1 aliphatic heterocycles. The summed E-state index contributed by atoms with van der Waals surface area (Å²) in [4.78, 5) is 1.42. The Labute approximate surface area is 122 Å². The van der Waals surface area contributed by atoms with E-state index in [0.717, 1.165) is 17.7 Å². The van der Waals surface area contributed by atoms with Crippen LogP contribution in [0.5, 0.6) is 0 Å². The SMILES string of the molecule is Cc1ccsc1C1Nc2ccc(F)cc2C2C=CCC21. The van der Waals surface area contributed by atoms with E-state index >= 15 is 0 Å². The van der Waals surface area contributed by atoms with Gasteiger partial charge in [-0.15, -0.1) is 11.3 Å². The Morgan fingerprint density at radius 2 is 2.20 bits per heavy atom. The van der Waals surface area contributed by atoms with E-state index in [-0.39, 0.29) is 5.82 Å². The molecule has 2 aliphatic rings. The predicted molar refractivity (Wildman–Crippen MR) is 81.8 cm³/mol. The van der Waals surface area contributed by atoms with Gasteiger partial charge in [-0.2, -0.15) is 0 Å². The molecule has 1 N–H and O–H groups in total. The Morgan fingerprint density at radius 3 is 3.00 bits per heavy atom. The van der Waals surface area contributed by atoms with Gasteiger partial charge in [0.15, 0.2) is 0 Å². The van der Waals surface area contributed by atoms with Crippen molar-refractivity contribution in [3.05, 3.63) is 63.6 Å². The Morgan fingerprint density at radius 1 is 1.30 bits per heavy atom. The fraction of sp³-hybridized carbons (Fsp3) is 0.294. The second kappa shape index (κ2) is 4.45. The number of fused-ring (bicyclic) bond motifs is 3. The van der Waals surface area contributed by atoms with Crippen LogP contribution in [0.15, 0.2) is 41.8 Å². The molecule has 0 radical (unpaired) electrons. The second-order valence-electron chi connectivity index (χ2n) is 5.67. The van der Waals surface area contributed by atoms with Crippen LogP contribution in [0.1, 0.15) is 34.4 Å². The highest BCUT2D eigenvalue weighted by atomic mass is 32.1. The molecule has 1 aliphatic carbocycles. The van der Waals surface area contributed by atoms with Crippen molar-refractivity contribution in [2.45, 2.75) is 25.3 Å².